The molecule has 0 saturated heterocycles. The zero-order chi connectivity index (χ0) is 16.9. The van der Waals surface area contributed by atoms with Gasteiger partial charge in [0.05, 0.1) is 11.9 Å². The van der Waals surface area contributed by atoms with E-state index in [-0.39, 0.29) is 11.5 Å². The lowest BCUT2D eigenvalue weighted by Crippen LogP contribution is -2.18. The number of aromatic amines is 1. The van der Waals surface area contributed by atoms with Crippen LogP contribution in [-0.2, 0) is 0 Å². The van der Waals surface area contributed by atoms with Crippen LogP contribution in [0.1, 0.15) is 21.6 Å². The number of rotatable bonds is 4. The van der Waals surface area contributed by atoms with Crippen molar-refractivity contribution in [3.63, 3.8) is 0 Å². The number of halogens is 1. The van der Waals surface area contributed by atoms with Gasteiger partial charge < -0.3 is 0 Å². The lowest BCUT2D eigenvalue weighted by Gasteiger charge is -1.98. The molecule has 1 aromatic heterocycles. The summed E-state index contributed by atoms with van der Waals surface area (Å²) in [5.41, 5.74) is 5.99. The number of hydrogen-bond acceptors (Lipinski definition) is 3. The van der Waals surface area contributed by atoms with Crippen LogP contribution in [0.3, 0.4) is 0 Å². The highest BCUT2D eigenvalue weighted by Crippen LogP contribution is 2.17. The number of hydrogen-bond donors (Lipinski definition) is 2. The van der Waals surface area contributed by atoms with Gasteiger partial charge in [0.2, 0.25) is 0 Å². The number of H-pyrrole nitrogens is 1. The number of aryl methyl sites for hydroxylation is 1. The summed E-state index contributed by atoms with van der Waals surface area (Å²) in [5, 5.41) is 10.7. The standard InChI is InChI=1S/C18H15FN4O/c1-12-4-2-3-5-14(12)11-20-23-18(24)17-10-16(21-22-17)13-6-8-15(19)9-7-13/h2-11H,1H3,(H,21,22)(H,23,24). The van der Waals surface area contributed by atoms with E-state index in [9.17, 15) is 9.18 Å². The topological polar surface area (TPSA) is 70.1 Å². The maximum atomic E-state index is 12.9. The molecule has 0 fully saturated rings. The van der Waals surface area contributed by atoms with Gasteiger partial charge in [0.25, 0.3) is 5.91 Å². The molecular weight excluding hydrogens is 307 g/mol. The normalized spacial score (nSPS) is 10.9. The van der Waals surface area contributed by atoms with E-state index in [0.29, 0.717) is 5.69 Å². The summed E-state index contributed by atoms with van der Waals surface area (Å²) in [6.45, 7) is 1.97. The molecular formula is C18H15FN4O. The highest BCUT2D eigenvalue weighted by Gasteiger charge is 2.10. The second kappa shape index (κ2) is 6.87. The van der Waals surface area contributed by atoms with Crippen molar-refractivity contribution in [3.05, 3.63) is 77.2 Å². The molecule has 0 unspecified atom stereocenters. The summed E-state index contributed by atoms with van der Waals surface area (Å²) >= 11 is 0. The van der Waals surface area contributed by atoms with Crippen LogP contribution in [0.15, 0.2) is 59.7 Å². The molecule has 2 N–H and O–H groups in total. The first-order valence-electron chi connectivity index (χ1n) is 7.34. The van der Waals surface area contributed by atoms with Gasteiger partial charge in [-0.2, -0.15) is 10.2 Å². The maximum Gasteiger partial charge on any atom is 0.289 e. The Kier molecular flexibility index (Phi) is 4.47. The number of carbonyl (C=O) groups is 1. The first kappa shape index (κ1) is 15.6. The van der Waals surface area contributed by atoms with E-state index < -0.39 is 5.91 Å². The minimum absolute atomic E-state index is 0.274. The number of nitrogens with zero attached hydrogens (tertiary/aromatic N) is 2. The average Bonchev–Trinajstić information content (AvgIpc) is 3.07. The predicted molar refractivity (Wildman–Crippen MR) is 90.2 cm³/mol. The molecule has 0 aliphatic rings. The Bertz CT molecular complexity index is 884. The van der Waals surface area contributed by atoms with Crippen molar-refractivity contribution in [2.75, 3.05) is 0 Å². The molecule has 0 aliphatic heterocycles. The molecule has 3 aromatic rings. The third kappa shape index (κ3) is 3.55. The molecule has 24 heavy (non-hydrogen) atoms. The fraction of sp³-hybridized carbons (Fsp3) is 0.0556. The monoisotopic (exact) mass is 322 g/mol. The molecule has 0 bridgehead atoms. The third-order valence-corrected chi connectivity index (χ3v) is 3.52. The van der Waals surface area contributed by atoms with Crippen LogP contribution in [0.2, 0.25) is 0 Å². The van der Waals surface area contributed by atoms with Gasteiger partial charge in [-0.05, 0) is 48.4 Å². The molecule has 1 amide bonds. The third-order valence-electron chi connectivity index (χ3n) is 3.52. The summed E-state index contributed by atoms with van der Waals surface area (Å²) in [6, 6.07) is 15.2. The van der Waals surface area contributed by atoms with Gasteiger partial charge in [-0.25, -0.2) is 9.82 Å². The SMILES string of the molecule is Cc1ccccc1C=NNC(=O)c1cc(-c2ccc(F)cc2)n[nH]1. The number of carbonyl (C=O) groups excluding carboxylic acids is 1. The Morgan fingerprint density at radius 3 is 2.71 bits per heavy atom. The lowest BCUT2D eigenvalue weighted by molar-refractivity contribution is 0.0950. The second-order valence-corrected chi connectivity index (χ2v) is 5.23. The van der Waals surface area contributed by atoms with Crippen LogP contribution in [0, 0.1) is 12.7 Å². The van der Waals surface area contributed by atoms with Crippen LogP contribution < -0.4 is 5.43 Å². The smallest absolute Gasteiger partial charge is 0.272 e. The first-order chi connectivity index (χ1) is 11.6. The molecule has 6 heteroatoms. The zero-order valence-corrected chi connectivity index (χ0v) is 13.0. The molecule has 5 nitrogen and oxygen atoms in total. The number of benzene rings is 2. The lowest BCUT2D eigenvalue weighted by atomic mass is 10.1. The van der Waals surface area contributed by atoms with Crippen LogP contribution in [0.4, 0.5) is 4.39 Å². The molecule has 0 saturated carbocycles. The zero-order valence-electron chi connectivity index (χ0n) is 13.0. The molecule has 2 aromatic carbocycles. The Morgan fingerprint density at radius 2 is 1.96 bits per heavy atom. The van der Waals surface area contributed by atoms with E-state index in [0.717, 1.165) is 16.7 Å². The maximum absolute atomic E-state index is 12.9. The van der Waals surface area contributed by atoms with Gasteiger partial charge in [-0.3, -0.25) is 9.89 Å². The minimum Gasteiger partial charge on any atom is -0.272 e. The molecule has 3 rings (SSSR count). The predicted octanol–water partition coefficient (Wildman–Crippen LogP) is 3.29. The van der Waals surface area contributed by atoms with Crippen molar-refractivity contribution < 1.29 is 9.18 Å². The van der Waals surface area contributed by atoms with Crippen LogP contribution in [0.5, 0.6) is 0 Å². The van der Waals surface area contributed by atoms with Crippen molar-refractivity contribution in [3.8, 4) is 11.3 Å². The summed E-state index contributed by atoms with van der Waals surface area (Å²) in [4.78, 5) is 12.1. The molecule has 1 heterocycles. The van der Waals surface area contributed by atoms with E-state index in [2.05, 4.69) is 20.7 Å². The Balaban J connectivity index is 1.68. The quantitative estimate of drug-likeness (QED) is 0.571. The van der Waals surface area contributed by atoms with Gasteiger partial charge in [0.1, 0.15) is 11.5 Å². The van der Waals surface area contributed by atoms with E-state index in [1.54, 1.807) is 24.4 Å². The Hall–Kier alpha value is -3.28. The van der Waals surface area contributed by atoms with Crippen molar-refractivity contribution in [2.24, 2.45) is 5.10 Å². The summed E-state index contributed by atoms with van der Waals surface area (Å²) in [5.74, 6) is -0.724. The Morgan fingerprint density at radius 1 is 1.21 bits per heavy atom. The number of hydrazone groups is 1. The Labute approximate surface area is 138 Å². The largest absolute Gasteiger partial charge is 0.289 e. The fourth-order valence-corrected chi connectivity index (χ4v) is 2.16. The van der Waals surface area contributed by atoms with Gasteiger partial charge >= 0.3 is 0 Å². The summed E-state index contributed by atoms with van der Waals surface area (Å²) in [7, 11) is 0. The molecule has 0 radical (unpaired) electrons. The fourth-order valence-electron chi connectivity index (χ4n) is 2.16. The second-order valence-electron chi connectivity index (χ2n) is 5.23. The van der Waals surface area contributed by atoms with E-state index in [1.165, 1.54) is 12.1 Å². The van der Waals surface area contributed by atoms with E-state index >= 15 is 0 Å². The minimum atomic E-state index is -0.402. The summed E-state index contributed by atoms with van der Waals surface area (Å²) in [6.07, 6.45) is 1.59. The van der Waals surface area contributed by atoms with E-state index in [4.69, 9.17) is 0 Å². The highest BCUT2D eigenvalue weighted by molar-refractivity contribution is 5.94. The van der Waals surface area contributed by atoms with Crippen LogP contribution in [-0.4, -0.2) is 22.3 Å². The van der Waals surface area contributed by atoms with Crippen molar-refractivity contribution in [1.29, 1.82) is 0 Å². The number of aromatic nitrogens is 2. The average molecular weight is 322 g/mol. The molecule has 120 valence electrons. The van der Waals surface area contributed by atoms with E-state index in [1.807, 2.05) is 31.2 Å². The van der Waals surface area contributed by atoms with Crippen molar-refractivity contribution >= 4 is 12.1 Å². The van der Waals surface area contributed by atoms with Crippen LogP contribution in [0.25, 0.3) is 11.3 Å². The van der Waals surface area contributed by atoms with Gasteiger partial charge in [-0.1, -0.05) is 24.3 Å². The van der Waals surface area contributed by atoms with Gasteiger partial charge in [0.15, 0.2) is 0 Å². The highest BCUT2D eigenvalue weighted by atomic mass is 19.1. The molecule has 0 aliphatic carbocycles. The summed E-state index contributed by atoms with van der Waals surface area (Å²) < 4.78 is 12.9. The molecule has 0 atom stereocenters. The molecule has 0 spiro atoms. The van der Waals surface area contributed by atoms with Crippen molar-refractivity contribution in [1.82, 2.24) is 15.6 Å². The van der Waals surface area contributed by atoms with Crippen molar-refractivity contribution in [2.45, 2.75) is 6.92 Å². The van der Waals surface area contributed by atoms with Gasteiger partial charge in [-0.15, -0.1) is 0 Å². The number of amides is 1. The number of nitrogens with one attached hydrogen (secondary N) is 2. The first-order valence-corrected chi connectivity index (χ1v) is 7.34. The van der Waals surface area contributed by atoms with Gasteiger partial charge in [0, 0.05) is 5.56 Å². The van der Waals surface area contributed by atoms with Crippen LogP contribution >= 0.6 is 0 Å².